The van der Waals surface area contributed by atoms with Crippen LogP contribution in [0.2, 0.25) is 0 Å². The predicted molar refractivity (Wildman–Crippen MR) is 69.3 cm³/mol. The molecular formula is C12H19N3O2S. The molecule has 1 N–H and O–H groups in total. The summed E-state index contributed by atoms with van der Waals surface area (Å²) in [4.78, 5) is 4.47. The minimum Gasteiger partial charge on any atom is -0.330 e. The first kappa shape index (κ1) is 12.2. The van der Waals surface area contributed by atoms with E-state index in [-0.39, 0.29) is 17.5 Å². The van der Waals surface area contributed by atoms with E-state index >= 15 is 0 Å². The number of imidazole rings is 1. The number of rotatable bonds is 1. The second kappa shape index (κ2) is 4.35. The van der Waals surface area contributed by atoms with Gasteiger partial charge >= 0.3 is 0 Å². The van der Waals surface area contributed by atoms with Crippen LogP contribution in [-0.2, 0) is 16.4 Å². The molecule has 2 aliphatic rings. The Morgan fingerprint density at radius 3 is 3.11 bits per heavy atom. The lowest BCUT2D eigenvalue weighted by Crippen LogP contribution is -2.40. The fraction of sp³-hybridized carbons (Fsp3) is 0.750. The first-order valence-electron chi connectivity index (χ1n) is 6.56. The number of sulfone groups is 1. The summed E-state index contributed by atoms with van der Waals surface area (Å²) in [5, 5.41) is 3.28. The highest BCUT2D eigenvalue weighted by Crippen LogP contribution is 2.30. The van der Waals surface area contributed by atoms with Crippen LogP contribution in [0.15, 0.2) is 6.20 Å². The van der Waals surface area contributed by atoms with Crippen LogP contribution in [0.25, 0.3) is 0 Å². The van der Waals surface area contributed by atoms with E-state index in [2.05, 4.69) is 21.8 Å². The Bertz CT molecular complexity index is 550. The van der Waals surface area contributed by atoms with Crippen LogP contribution in [0.4, 0.5) is 0 Å². The average molecular weight is 269 g/mol. The van der Waals surface area contributed by atoms with E-state index in [0.717, 1.165) is 18.8 Å². The molecule has 3 rings (SSSR count). The van der Waals surface area contributed by atoms with Gasteiger partial charge < -0.3 is 9.88 Å². The highest BCUT2D eigenvalue weighted by molar-refractivity contribution is 7.91. The first-order chi connectivity index (χ1) is 8.57. The molecule has 2 unspecified atom stereocenters. The first-order valence-corrected chi connectivity index (χ1v) is 8.38. The average Bonchev–Trinajstić information content (AvgIpc) is 2.73. The van der Waals surface area contributed by atoms with Crippen molar-refractivity contribution in [1.29, 1.82) is 0 Å². The largest absolute Gasteiger partial charge is 0.330 e. The number of fused-ring (bicyclic) bond motifs is 1. The van der Waals surface area contributed by atoms with Crippen LogP contribution in [0, 0.1) is 0 Å². The molecule has 1 aromatic rings. The van der Waals surface area contributed by atoms with Gasteiger partial charge in [0.25, 0.3) is 0 Å². The van der Waals surface area contributed by atoms with Gasteiger partial charge in [-0.1, -0.05) is 6.92 Å². The summed E-state index contributed by atoms with van der Waals surface area (Å²) in [7, 11) is -2.91. The Morgan fingerprint density at radius 2 is 2.33 bits per heavy atom. The van der Waals surface area contributed by atoms with Gasteiger partial charge in [-0.25, -0.2) is 13.4 Å². The van der Waals surface area contributed by atoms with Crippen molar-refractivity contribution in [3.63, 3.8) is 0 Å². The molecule has 0 radical (unpaired) electrons. The molecule has 0 saturated carbocycles. The Kier molecular flexibility index (Phi) is 2.94. The zero-order valence-corrected chi connectivity index (χ0v) is 11.4. The van der Waals surface area contributed by atoms with E-state index in [1.807, 2.05) is 6.20 Å². The lowest BCUT2D eigenvalue weighted by molar-refractivity contribution is 0.434. The normalized spacial score (nSPS) is 30.9. The van der Waals surface area contributed by atoms with Crippen LogP contribution < -0.4 is 5.32 Å². The van der Waals surface area contributed by atoms with Crippen molar-refractivity contribution < 1.29 is 8.42 Å². The smallest absolute Gasteiger partial charge is 0.153 e. The third-order valence-electron chi connectivity index (χ3n) is 3.98. The molecule has 1 aromatic heterocycles. The Labute approximate surface area is 108 Å². The zero-order valence-electron chi connectivity index (χ0n) is 10.6. The highest BCUT2D eigenvalue weighted by atomic mass is 32.2. The summed E-state index contributed by atoms with van der Waals surface area (Å²) >= 11 is 0. The van der Waals surface area contributed by atoms with E-state index in [0.29, 0.717) is 12.5 Å². The summed E-state index contributed by atoms with van der Waals surface area (Å²) in [6.07, 6.45) is 4.26. The number of hydrogen-bond acceptors (Lipinski definition) is 4. The number of nitrogens with one attached hydrogen (secondary N) is 1. The van der Waals surface area contributed by atoms with E-state index in [1.54, 1.807) is 0 Å². The van der Waals surface area contributed by atoms with Crippen LogP contribution in [0.1, 0.15) is 43.2 Å². The minimum atomic E-state index is -2.91. The van der Waals surface area contributed by atoms with Crippen LogP contribution in [0.3, 0.4) is 0 Å². The summed E-state index contributed by atoms with van der Waals surface area (Å²) < 4.78 is 25.6. The standard InChI is InChI=1S/C12H19N3O2S/c1-9-3-2-5-15-11(9)7-14-12(15)10-8-18(16,17)6-4-13-10/h7,9-10,13H,2-6,8H2,1H3. The molecule has 0 aliphatic carbocycles. The predicted octanol–water partition coefficient (Wildman–Crippen LogP) is 0.840. The maximum Gasteiger partial charge on any atom is 0.153 e. The van der Waals surface area contributed by atoms with Gasteiger partial charge in [0.2, 0.25) is 0 Å². The molecule has 18 heavy (non-hydrogen) atoms. The SMILES string of the molecule is CC1CCCn2c1cnc2C1CS(=O)(=O)CCN1. The monoisotopic (exact) mass is 269 g/mol. The van der Waals surface area contributed by atoms with E-state index in [4.69, 9.17) is 0 Å². The van der Waals surface area contributed by atoms with Crippen LogP contribution >= 0.6 is 0 Å². The van der Waals surface area contributed by atoms with Crippen LogP contribution in [-0.4, -0.2) is 36.0 Å². The Balaban J connectivity index is 1.93. The third-order valence-corrected chi connectivity index (χ3v) is 5.64. The Hall–Kier alpha value is -0.880. The molecule has 0 aromatic carbocycles. The molecule has 1 saturated heterocycles. The van der Waals surface area contributed by atoms with Crippen molar-refractivity contribution in [3.8, 4) is 0 Å². The number of aromatic nitrogens is 2. The van der Waals surface area contributed by atoms with Gasteiger partial charge in [0.1, 0.15) is 5.82 Å². The fourth-order valence-corrected chi connectivity index (χ4v) is 4.34. The number of nitrogens with zero attached hydrogens (tertiary/aromatic N) is 2. The maximum atomic E-state index is 11.7. The van der Waals surface area contributed by atoms with Gasteiger partial charge in [-0.3, -0.25) is 0 Å². The lowest BCUT2D eigenvalue weighted by atomic mass is 9.98. The summed E-state index contributed by atoms with van der Waals surface area (Å²) in [5.41, 5.74) is 1.25. The van der Waals surface area contributed by atoms with Crippen molar-refractivity contribution in [2.45, 2.75) is 38.3 Å². The summed E-state index contributed by atoms with van der Waals surface area (Å²) in [5.74, 6) is 1.85. The van der Waals surface area contributed by atoms with Crippen molar-refractivity contribution in [3.05, 3.63) is 17.7 Å². The van der Waals surface area contributed by atoms with E-state index < -0.39 is 9.84 Å². The van der Waals surface area contributed by atoms with Gasteiger partial charge in [0.15, 0.2) is 9.84 Å². The molecule has 2 atom stereocenters. The molecule has 5 nitrogen and oxygen atoms in total. The molecule has 0 spiro atoms. The third kappa shape index (κ3) is 2.07. The van der Waals surface area contributed by atoms with Gasteiger partial charge in [-0.2, -0.15) is 0 Å². The molecule has 6 heteroatoms. The van der Waals surface area contributed by atoms with Gasteiger partial charge in [0, 0.05) is 25.0 Å². The molecule has 0 amide bonds. The van der Waals surface area contributed by atoms with Crippen molar-refractivity contribution in [1.82, 2.24) is 14.9 Å². The van der Waals surface area contributed by atoms with Crippen molar-refractivity contribution in [2.75, 3.05) is 18.1 Å². The molecule has 2 aliphatic heterocycles. The second-order valence-corrected chi connectivity index (χ2v) is 7.59. The minimum absolute atomic E-state index is 0.136. The summed E-state index contributed by atoms with van der Waals surface area (Å²) in [6, 6.07) is -0.136. The van der Waals surface area contributed by atoms with E-state index in [9.17, 15) is 8.42 Å². The van der Waals surface area contributed by atoms with Gasteiger partial charge in [-0.15, -0.1) is 0 Å². The van der Waals surface area contributed by atoms with Gasteiger partial charge in [0.05, 0.1) is 17.5 Å². The summed E-state index contributed by atoms with van der Waals surface area (Å²) in [6.45, 7) is 3.71. The van der Waals surface area contributed by atoms with Crippen LogP contribution in [0.5, 0.6) is 0 Å². The molecule has 0 bridgehead atoms. The van der Waals surface area contributed by atoms with Gasteiger partial charge in [-0.05, 0) is 18.8 Å². The zero-order chi connectivity index (χ0) is 12.8. The maximum absolute atomic E-state index is 11.7. The number of hydrogen-bond donors (Lipinski definition) is 1. The molecule has 1 fully saturated rings. The molecular weight excluding hydrogens is 250 g/mol. The molecule has 100 valence electrons. The topological polar surface area (TPSA) is 64.0 Å². The van der Waals surface area contributed by atoms with Crippen molar-refractivity contribution in [2.24, 2.45) is 0 Å². The van der Waals surface area contributed by atoms with Crippen molar-refractivity contribution >= 4 is 9.84 Å². The highest BCUT2D eigenvalue weighted by Gasteiger charge is 2.30. The fourth-order valence-electron chi connectivity index (χ4n) is 2.97. The lowest BCUT2D eigenvalue weighted by Gasteiger charge is -2.27. The second-order valence-electron chi connectivity index (χ2n) is 5.36. The molecule has 3 heterocycles. The Morgan fingerprint density at radius 1 is 1.50 bits per heavy atom. The quantitative estimate of drug-likeness (QED) is 0.820. The van der Waals surface area contributed by atoms with E-state index in [1.165, 1.54) is 12.1 Å².